The predicted molar refractivity (Wildman–Crippen MR) is 91.4 cm³/mol. The molecule has 0 aliphatic heterocycles. The summed E-state index contributed by atoms with van der Waals surface area (Å²) in [5, 5.41) is 11.3. The van der Waals surface area contributed by atoms with Crippen molar-refractivity contribution >= 4 is 5.97 Å². The normalized spacial score (nSPS) is 24.7. The Balaban J connectivity index is 2.22. The first kappa shape index (κ1) is 18.0. The first-order chi connectivity index (χ1) is 11.0. The van der Waals surface area contributed by atoms with Crippen LogP contribution >= 0.6 is 0 Å². The van der Waals surface area contributed by atoms with Crippen LogP contribution in [0.15, 0.2) is 24.3 Å². The quantitative estimate of drug-likeness (QED) is 0.645. The average Bonchev–Trinajstić information content (AvgIpc) is 2.50. The van der Waals surface area contributed by atoms with Gasteiger partial charge in [-0.3, -0.25) is 4.79 Å². The van der Waals surface area contributed by atoms with Crippen LogP contribution in [-0.4, -0.2) is 36.6 Å². The second-order valence-corrected chi connectivity index (χ2v) is 6.88. The van der Waals surface area contributed by atoms with Crippen LogP contribution in [0.5, 0.6) is 5.75 Å². The largest absolute Gasteiger partial charge is 0.427 e. The van der Waals surface area contributed by atoms with Gasteiger partial charge in [-0.15, -0.1) is 0 Å². The van der Waals surface area contributed by atoms with Crippen molar-refractivity contribution in [2.75, 3.05) is 20.6 Å². The van der Waals surface area contributed by atoms with E-state index in [0.29, 0.717) is 12.2 Å². The fraction of sp³-hybridized carbons (Fsp3) is 0.632. The van der Waals surface area contributed by atoms with Gasteiger partial charge in [-0.25, -0.2) is 0 Å². The van der Waals surface area contributed by atoms with E-state index in [4.69, 9.17) is 4.74 Å². The summed E-state index contributed by atoms with van der Waals surface area (Å²) in [6.45, 7) is 2.81. The highest BCUT2D eigenvalue weighted by Crippen LogP contribution is 2.42. The number of nitrogens with zero attached hydrogens (tertiary/aromatic N) is 1. The zero-order valence-electron chi connectivity index (χ0n) is 14.5. The molecule has 0 bridgehead atoms. The molecule has 2 atom stereocenters. The first-order valence-corrected chi connectivity index (χ1v) is 8.64. The minimum Gasteiger partial charge on any atom is -0.427 e. The van der Waals surface area contributed by atoms with Crippen molar-refractivity contribution in [3.8, 4) is 5.75 Å². The summed E-state index contributed by atoms with van der Waals surface area (Å²) in [6, 6.07) is 7.43. The molecule has 23 heavy (non-hydrogen) atoms. The molecular weight excluding hydrogens is 290 g/mol. The second kappa shape index (κ2) is 7.93. The van der Waals surface area contributed by atoms with E-state index in [1.165, 1.54) is 0 Å². The van der Waals surface area contributed by atoms with Crippen LogP contribution in [0.1, 0.15) is 51.0 Å². The van der Waals surface area contributed by atoms with E-state index in [0.717, 1.165) is 44.2 Å². The van der Waals surface area contributed by atoms with Gasteiger partial charge < -0.3 is 14.7 Å². The summed E-state index contributed by atoms with van der Waals surface area (Å²) >= 11 is 0. The third-order valence-electron chi connectivity index (χ3n) is 4.64. The Hall–Kier alpha value is -1.39. The van der Waals surface area contributed by atoms with Crippen LogP contribution in [0.4, 0.5) is 0 Å². The fourth-order valence-corrected chi connectivity index (χ4v) is 3.51. The fourth-order valence-electron chi connectivity index (χ4n) is 3.51. The highest BCUT2D eigenvalue weighted by Gasteiger charge is 2.40. The van der Waals surface area contributed by atoms with Crippen LogP contribution < -0.4 is 4.74 Å². The van der Waals surface area contributed by atoms with Gasteiger partial charge in [-0.1, -0.05) is 31.9 Å². The predicted octanol–water partition coefficient (Wildman–Crippen LogP) is 3.33. The number of esters is 1. The van der Waals surface area contributed by atoms with Gasteiger partial charge in [0, 0.05) is 18.9 Å². The maximum absolute atomic E-state index is 11.7. The average molecular weight is 319 g/mol. The summed E-state index contributed by atoms with van der Waals surface area (Å²) in [5.41, 5.74) is 0.0289. The molecule has 4 heteroatoms. The monoisotopic (exact) mass is 319 g/mol. The van der Waals surface area contributed by atoms with Crippen molar-refractivity contribution in [1.82, 2.24) is 4.90 Å². The molecule has 0 amide bonds. The van der Waals surface area contributed by atoms with Crippen LogP contribution in [0.3, 0.4) is 0 Å². The zero-order valence-corrected chi connectivity index (χ0v) is 14.5. The molecule has 1 N–H and O–H groups in total. The molecular formula is C19H29NO3. The summed E-state index contributed by atoms with van der Waals surface area (Å²) in [4.78, 5) is 13.8. The van der Waals surface area contributed by atoms with E-state index in [9.17, 15) is 9.90 Å². The molecule has 1 aliphatic rings. The summed E-state index contributed by atoms with van der Waals surface area (Å²) in [6.07, 6.45) is 5.16. The van der Waals surface area contributed by atoms with E-state index in [1.807, 2.05) is 39.2 Å². The smallest absolute Gasteiger partial charge is 0.311 e. The molecule has 0 saturated heterocycles. The number of rotatable bonds is 6. The molecule has 1 aromatic rings. The number of hydrogen-bond acceptors (Lipinski definition) is 4. The SMILES string of the molecule is CCCC(=O)Oc1cccc([C@@]2(O)CCCC[C@@H]2CN(C)C)c1. The Bertz CT molecular complexity index is 529. The molecule has 4 nitrogen and oxygen atoms in total. The lowest BCUT2D eigenvalue weighted by molar-refractivity contribution is -0.134. The van der Waals surface area contributed by atoms with Crippen molar-refractivity contribution in [3.05, 3.63) is 29.8 Å². The zero-order chi connectivity index (χ0) is 16.9. The highest BCUT2D eigenvalue weighted by atomic mass is 16.5. The number of benzene rings is 1. The number of aliphatic hydroxyl groups is 1. The molecule has 2 rings (SSSR count). The van der Waals surface area contributed by atoms with Gasteiger partial charge in [0.2, 0.25) is 0 Å². The van der Waals surface area contributed by atoms with Gasteiger partial charge in [0.1, 0.15) is 5.75 Å². The Labute approximate surface area is 139 Å². The summed E-state index contributed by atoms with van der Waals surface area (Å²) < 4.78 is 5.39. The Morgan fingerprint density at radius 1 is 1.39 bits per heavy atom. The third kappa shape index (κ3) is 4.55. The molecule has 1 fully saturated rings. The number of carbonyl (C=O) groups is 1. The van der Waals surface area contributed by atoms with Gasteiger partial charge in [0.15, 0.2) is 0 Å². The molecule has 1 aromatic carbocycles. The standard InChI is InChI=1S/C19H29NO3/c1-4-8-18(21)23-17-11-7-10-15(13-17)19(22)12-6-5-9-16(19)14-20(2)3/h7,10-11,13,16,22H,4-6,8-9,12,14H2,1-3H3/t16-,19+/m1/s1. The van der Waals surface area contributed by atoms with Crippen molar-refractivity contribution in [2.45, 2.75) is 51.0 Å². The van der Waals surface area contributed by atoms with Gasteiger partial charge in [-0.2, -0.15) is 0 Å². The van der Waals surface area contributed by atoms with E-state index in [2.05, 4.69) is 4.90 Å². The van der Waals surface area contributed by atoms with E-state index >= 15 is 0 Å². The first-order valence-electron chi connectivity index (χ1n) is 8.64. The van der Waals surface area contributed by atoms with E-state index in [1.54, 1.807) is 6.07 Å². The van der Waals surface area contributed by atoms with E-state index < -0.39 is 5.60 Å². The van der Waals surface area contributed by atoms with E-state index in [-0.39, 0.29) is 11.9 Å². The minimum atomic E-state index is -0.838. The Morgan fingerprint density at radius 2 is 2.17 bits per heavy atom. The molecule has 0 radical (unpaired) electrons. The van der Waals surface area contributed by atoms with Crippen molar-refractivity contribution in [1.29, 1.82) is 0 Å². The molecule has 0 aromatic heterocycles. The topological polar surface area (TPSA) is 49.8 Å². The van der Waals surface area contributed by atoms with Crippen LogP contribution in [0.25, 0.3) is 0 Å². The Kier molecular flexibility index (Phi) is 6.19. The lowest BCUT2D eigenvalue weighted by Crippen LogP contribution is -2.43. The molecule has 1 aliphatic carbocycles. The van der Waals surface area contributed by atoms with Crippen LogP contribution in [-0.2, 0) is 10.4 Å². The van der Waals surface area contributed by atoms with Gasteiger partial charge in [-0.05, 0) is 51.1 Å². The molecule has 128 valence electrons. The van der Waals surface area contributed by atoms with Crippen LogP contribution in [0, 0.1) is 5.92 Å². The lowest BCUT2D eigenvalue weighted by Gasteiger charge is -2.41. The second-order valence-electron chi connectivity index (χ2n) is 6.88. The molecule has 0 unspecified atom stereocenters. The van der Waals surface area contributed by atoms with Gasteiger partial charge in [0.05, 0.1) is 5.60 Å². The van der Waals surface area contributed by atoms with Gasteiger partial charge in [0.25, 0.3) is 0 Å². The van der Waals surface area contributed by atoms with Crippen molar-refractivity contribution < 1.29 is 14.6 Å². The maximum atomic E-state index is 11.7. The van der Waals surface area contributed by atoms with Crippen molar-refractivity contribution in [2.24, 2.45) is 5.92 Å². The number of ether oxygens (including phenoxy) is 1. The maximum Gasteiger partial charge on any atom is 0.311 e. The molecule has 0 heterocycles. The molecule has 1 saturated carbocycles. The minimum absolute atomic E-state index is 0.202. The third-order valence-corrected chi connectivity index (χ3v) is 4.64. The summed E-state index contributed by atoms with van der Waals surface area (Å²) in [7, 11) is 4.08. The summed E-state index contributed by atoms with van der Waals surface area (Å²) in [5.74, 6) is 0.515. The van der Waals surface area contributed by atoms with Gasteiger partial charge >= 0.3 is 5.97 Å². The van der Waals surface area contributed by atoms with Crippen molar-refractivity contribution in [3.63, 3.8) is 0 Å². The Morgan fingerprint density at radius 3 is 2.87 bits per heavy atom. The number of carbonyl (C=O) groups excluding carboxylic acids is 1. The lowest BCUT2D eigenvalue weighted by atomic mass is 9.71. The highest BCUT2D eigenvalue weighted by molar-refractivity contribution is 5.72. The van der Waals surface area contributed by atoms with Crippen LogP contribution in [0.2, 0.25) is 0 Å². The molecule has 0 spiro atoms. The number of hydrogen-bond donors (Lipinski definition) is 1.